The van der Waals surface area contributed by atoms with Crippen LogP contribution in [0.15, 0.2) is 53.4 Å². The molecule has 0 aromatic heterocycles. The summed E-state index contributed by atoms with van der Waals surface area (Å²) in [5.41, 5.74) is 0.871. The zero-order chi connectivity index (χ0) is 17.7. The van der Waals surface area contributed by atoms with Crippen LogP contribution in [0.25, 0.3) is 0 Å². The number of benzene rings is 2. The first-order valence-corrected chi connectivity index (χ1v) is 8.96. The Kier molecular flexibility index (Phi) is 5.21. The lowest BCUT2D eigenvalue weighted by molar-refractivity contribution is -0.122. The minimum absolute atomic E-state index is 0.126. The second-order valence-corrected chi connectivity index (χ2v) is 7.20. The summed E-state index contributed by atoms with van der Waals surface area (Å²) in [5, 5.41) is 11.4. The Hall–Kier alpha value is -2.85. The third-order valence-electron chi connectivity index (χ3n) is 3.20. The van der Waals surface area contributed by atoms with E-state index in [0.717, 1.165) is 6.26 Å². The zero-order valence-corrected chi connectivity index (χ0v) is 14.0. The quantitative estimate of drug-likeness (QED) is 0.898. The first-order chi connectivity index (χ1) is 11.3. The summed E-state index contributed by atoms with van der Waals surface area (Å²) in [5.74, 6) is 0.0477. The van der Waals surface area contributed by atoms with Gasteiger partial charge in [-0.15, -0.1) is 0 Å². The molecule has 0 aliphatic heterocycles. The molecule has 1 amide bonds. The van der Waals surface area contributed by atoms with Crippen molar-refractivity contribution in [1.29, 1.82) is 5.26 Å². The molecule has 24 heavy (non-hydrogen) atoms. The van der Waals surface area contributed by atoms with Gasteiger partial charge in [-0.2, -0.15) is 5.26 Å². The van der Waals surface area contributed by atoms with Crippen molar-refractivity contribution in [2.75, 3.05) is 11.6 Å². The first-order valence-electron chi connectivity index (χ1n) is 7.07. The fourth-order valence-corrected chi connectivity index (χ4v) is 2.58. The van der Waals surface area contributed by atoms with Gasteiger partial charge >= 0.3 is 0 Å². The fourth-order valence-electron chi connectivity index (χ4n) is 1.91. The maximum atomic E-state index is 12.2. The number of sulfone groups is 1. The highest BCUT2D eigenvalue weighted by Gasteiger charge is 2.16. The van der Waals surface area contributed by atoms with E-state index in [1.165, 1.54) is 12.1 Å². The summed E-state index contributed by atoms with van der Waals surface area (Å²) in [4.78, 5) is 12.3. The number of nitriles is 1. The number of nitrogens with zero attached hydrogens (tertiary/aromatic N) is 1. The highest BCUT2D eigenvalue weighted by Crippen LogP contribution is 2.17. The van der Waals surface area contributed by atoms with Crippen molar-refractivity contribution < 1.29 is 17.9 Å². The molecule has 2 aromatic rings. The second kappa shape index (κ2) is 7.15. The van der Waals surface area contributed by atoms with E-state index in [9.17, 15) is 13.2 Å². The number of rotatable bonds is 5. The summed E-state index contributed by atoms with van der Waals surface area (Å²) >= 11 is 0. The first kappa shape index (κ1) is 17.5. The lowest BCUT2D eigenvalue weighted by atomic mass is 10.2. The number of hydrogen-bond donors (Lipinski definition) is 1. The Labute approximate surface area is 140 Å². The molecule has 0 radical (unpaired) electrons. The van der Waals surface area contributed by atoms with E-state index in [4.69, 9.17) is 10.00 Å². The molecule has 1 atom stereocenters. The van der Waals surface area contributed by atoms with E-state index in [1.54, 1.807) is 43.3 Å². The molecule has 0 bridgehead atoms. The molecular weight excluding hydrogens is 328 g/mol. The largest absolute Gasteiger partial charge is 0.481 e. The van der Waals surface area contributed by atoms with Gasteiger partial charge in [-0.1, -0.05) is 6.07 Å². The van der Waals surface area contributed by atoms with Crippen LogP contribution < -0.4 is 10.1 Å². The van der Waals surface area contributed by atoms with Crippen LogP contribution in [0.4, 0.5) is 5.69 Å². The number of ether oxygens (including phenoxy) is 1. The third kappa shape index (κ3) is 4.57. The second-order valence-electron chi connectivity index (χ2n) is 5.19. The average Bonchev–Trinajstić information content (AvgIpc) is 2.55. The molecule has 0 unspecified atom stereocenters. The summed E-state index contributed by atoms with van der Waals surface area (Å²) in [7, 11) is -3.35. The molecule has 0 spiro atoms. The van der Waals surface area contributed by atoms with Gasteiger partial charge in [0.1, 0.15) is 5.75 Å². The van der Waals surface area contributed by atoms with Crippen molar-refractivity contribution in [1.82, 2.24) is 0 Å². The van der Waals surface area contributed by atoms with Crippen LogP contribution in [-0.4, -0.2) is 26.7 Å². The molecule has 0 heterocycles. The maximum absolute atomic E-state index is 12.2. The Morgan fingerprint density at radius 1 is 1.21 bits per heavy atom. The SMILES string of the molecule is C[C@H](Oc1ccc(C#N)cc1)C(=O)Nc1cccc(S(C)(=O)=O)c1. The van der Waals surface area contributed by atoms with Crippen molar-refractivity contribution in [3.63, 3.8) is 0 Å². The molecule has 0 aliphatic carbocycles. The Balaban J connectivity index is 2.05. The Morgan fingerprint density at radius 3 is 2.46 bits per heavy atom. The van der Waals surface area contributed by atoms with Gasteiger partial charge in [-0.25, -0.2) is 8.42 Å². The van der Waals surface area contributed by atoms with Crippen LogP contribution in [0.2, 0.25) is 0 Å². The molecule has 6 nitrogen and oxygen atoms in total. The van der Waals surface area contributed by atoms with Crippen molar-refractivity contribution in [3.8, 4) is 11.8 Å². The molecule has 124 valence electrons. The molecule has 0 aliphatic rings. The van der Waals surface area contributed by atoms with Crippen LogP contribution in [-0.2, 0) is 14.6 Å². The van der Waals surface area contributed by atoms with E-state index in [2.05, 4.69) is 5.32 Å². The summed E-state index contributed by atoms with van der Waals surface area (Å²) in [6.45, 7) is 1.58. The summed E-state index contributed by atoms with van der Waals surface area (Å²) in [6.07, 6.45) is 0.310. The number of amides is 1. The van der Waals surface area contributed by atoms with E-state index in [0.29, 0.717) is 17.0 Å². The fraction of sp³-hybridized carbons (Fsp3) is 0.176. The maximum Gasteiger partial charge on any atom is 0.265 e. The van der Waals surface area contributed by atoms with Crippen molar-refractivity contribution >= 4 is 21.4 Å². The van der Waals surface area contributed by atoms with E-state index < -0.39 is 21.8 Å². The summed E-state index contributed by atoms with van der Waals surface area (Å²) in [6, 6.07) is 14.4. The third-order valence-corrected chi connectivity index (χ3v) is 4.31. The minimum Gasteiger partial charge on any atom is -0.481 e. The lowest BCUT2D eigenvalue weighted by Gasteiger charge is -2.15. The molecule has 7 heteroatoms. The predicted octanol–water partition coefficient (Wildman–Crippen LogP) is 2.37. The van der Waals surface area contributed by atoms with Crippen LogP contribution in [0.1, 0.15) is 12.5 Å². The number of anilines is 1. The predicted molar refractivity (Wildman–Crippen MR) is 89.4 cm³/mol. The van der Waals surface area contributed by atoms with Gasteiger partial charge in [0.25, 0.3) is 5.91 Å². The monoisotopic (exact) mass is 344 g/mol. The highest BCUT2D eigenvalue weighted by atomic mass is 32.2. The minimum atomic E-state index is -3.35. The van der Waals surface area contributed by atoms with E-state index >= 15 is 0 Å². The number of carbonyl (C=O) groups is 1. The topological polar surface area (TPSA) is 96.3 Å². The molecule has 2 rings (SSSR count). The molecule has 2 aromatic carbocycles. The smallest absolute Gasteiger partial charge is 0.265 e. The zero-order valence-electron chi connectivity index (χ0n) is 13.2. The van der Waals surface area contributed by atoms with Crippen LogP contribution in [0.5, 0.6) is 5.75 Å². The Morgan fingerprint density at radius 2 is 1.88 bits per heavy atom. The van der Waals surface area contributed by atoms with Crippen LogP contribution in [0, 0.1) is 11.3 Å². The van der Waals surface area contributed by atoms with Crippen molar-refractivity contribution in [2.24, 2.45) is 0 Å². The van der Waals surface area contributed by atoms with Crippen LogP contribution >= 0.6 is 0 Å². The van der Waals surface area contributed by atoms with Crippen molar-refractivity contribution in [3.05, 3.63) is 54.1 Å². The molecular formula is C17H16N2O4S. The standard InChI is InChI=1S/C17H16N2O4S/c1-12(23-15-8-6-13(11-18)7-9-15)17(20)19-14-4-3-5-16(10-14)24(2,21)22/h3-10,12H,1-2H3,(H,19,20)/t12-/m0/s1. The molecule has 1 N–H and O–H groups in total. The van der Waals surface area contributed by atoms with Crippen LogP contribution in [0.3, 0.4) is 0 Å². The number of nitrogens with one attached hydrogen (secondary N) is 1. The van der Waals surface area contributed by atoms with Crippen molar-refractivity contribution in [2.45, 2.75) is 17.9 Å². The average molecular weight is 344 g/mol. The van der Waals surface area contributed by atoms with Gasteiger partial charge in [0.05, 0.1) is 16.5 Å². The van der Waals surface area contributed by atoms with Gasteiger partial charge in [0, 0.05) is 11.9 Å². The number of carbonyl (C=O) groups excluding carboxylic acids is 1. The lowest BCUT2D eigenvalue weighted by Crippen LogP contribution is -2.30. The molecule has 0 saturated heterocycles. The summed E-state index contributed by atoms with van der Waals surface area (Å²) < 4.78 is 28.6. The van der Waals surface area contributed by atoms with Gasteiger partial charge in [-0.3, -0.25) is 4.79 Å². The van der Waals surface area contributed by atoms with Gasteiger partial charge < -0.3 is 10.1 Å². The molecule has 0 fully saturated rings. The highest BCUT2D eigenvalue weighted by molar-refractivity contribution is 7.90. The van der Waals surface area contributed by atoms with E-state index in [-0.39, 0.29) is 4.90 Å². The Bertz CT molecular complexity index is 884. The number of hydrogen-bond acceptors (Lipinski definition) is 5. The van der Waals surface area contributed by atoms with Gasteiger partial charge in [-0.05, 0) is 49.4 Å². The molecule has 0 saturated carbocycles. The van der Waals surface area contributed by atoms with E-state index in [1.807, 2.05) is 6.07 Å². The van der Waals surface area contributed by atoms with Gasteiger partial charge in [0.2, 0.25) is 0 Å². The van der Waals surface area contributed by atoms with Gasteiger partial charge in [0.15, 0.2) is 15.9 Å². The normalized spacial score (nSPS) is 12.0.